The maximum absolute atomic E-state index is 13.1. The summed E-state index contributed by atoms with van der Waals surface area (Å²) in [6.45, 7) is 7.48. The van der Waals surface area contributed by atoms with Crippen molar-refractivity contribution in [2.45, 2.75) is 147 Å². The Morgan fingerprint density at radius 1 is 0.430 bits per heavy atom. The summed E-state index contributed by atoms with van der Waals surface area (Å²) in [4.78, 5) is 102. The number of rotatable bonds is 30. The first-order valence-electron chi connectivity index (χ1n) is 26.8. The number of thioether (sulfide) groups is 2. The summed E-state index contributed by atoms with van der Waals surface area (Å²) < 4.78 is 0. The average molecular weight is 1130 g/mol. The molecule has 79 heavy (non-hydrogen) atoms. The third-order valence-electron chi connectivity index (χ3n) is 12.7. The number of aromatic hydroxyl groups is 4. The van der Waals surface area contributed by atoms with Crippen LogP contribution in [0.1, 0.15) is 181 Å². The van der Waals surface area contributed by atoms with Crippen LogP contribution >= 0.6 is 23.5 Å². The van der Waals surface area contributed by atoms with Gasteiger partial charge in [-0.05, 0) is 105 Å². The second kappa shape index (κ2) is 34.4. The van der Waals surface area contributed by atoms with Gasteiger partial charge in [-0.3, -0.25) is 81.8 Å². The van der Waals surface area contributed by atoms with Gasteiger partial charge >= 0.3 is 0 Å². The zero-order valence-electron chi connectivity index (χ0n) is 45.4. The minimum atomic E-state index is -0.832. The first-order chi connectivity index (χ1) is 37.9. The van der Waals surface area contributed by atoms with Gasteiger partial charge in [0.1, 0.15) is 23.0 Å². The molecule has 2 atom stereocenters. The Labute approximate surface area is 470 Å². The van der Waals surface area contributed by atoms with E-state index in [0.29, 0.717) is 35.1 Å². The second-order valence-electron chi connectivity index (χ2n) is 19.0. The fourth-order valence-electron chi connectivity index (χ4n) is 8.03. The van der Waals surface area contributed by atoms with Crippen molar-refractivity contribution >= 4 is 70.8 Å². The SMILES string of the molecule is CCCCCCCCc1cccc(C(=O)NNC(=O)C(C)SCCC(=O)NNC(=O)c2cc(Cc3ccc(O)c(C(=O)NNC(=O)CCSC(C)C(=O)NNC(=O)c4cccc(CCCCCCCC)c4O)c3)ccc2O)c1O. The van der Waals surface area contributed by atoms with E-state index in [0.717, 1.165) is 74.9 Å². The smallest absolute Gasteiger partial charge is 0.273 e. The Morgan fingerprint density at radius 3 is 1.18 bits per heavy atom. The molecule has 0 aliphatic heterocycles. The number of amides is 8. The summed E-state index contributed by atoms with van der Waals surface area (Å²) in [7, 11) is 0. The van der Waals surface area contributed by atoms with Crippen molar-refractivity contribution in [3.05, 3.63) is 117 Å². The molecule has 4 aromatic rings. The van der Waals surface area contributed by atoms with Gasteiger partial charge in [-0.15, -0.1) is 23.5 Å². The number of benzene rings is 4. The van der Waals surface area contributed by atoms with Crippen molar-refractivity contribution in [1.82, 2.24) is 43.4 Å². The molecule has 0 aliphatic rings. The molecule has 0 fully saturated rings. The number of hydrogen-bond acceptors (Lipinski definition) is 14. The Bertz CT molecular complexity index is 2540. The Balaban J connectivity index is 1.15. The third kappa shape index (κ3) is 22.1. The molecule has 0 aromatic heterocycles. The Hall–Kier alpha value is -7.46. The van der Waals surface area contributed by atoms with Crippen LogP contribution in [-0.2, 0) is 38.4 Å². The van der Waals surface area contributed by atoms with Crippen molar-refractivity contribution in [3.8, 4) is 23.0 Å². The number of nitrogens with one attached hydrogen (secondary N) is 8. The van der Waals surface area contributed by atoms with Gasteiger partial charge in [-0.2, -0.15) is 0 Å². The Morgan fingerprint density at radius 2 is 0.785 bits per heavy atom. The van der Waals surface area contributed by atoms with Crippen LogP contribution in [0, 0.1) is 0 Å². The number of aryl methyl sites for hydroxylation is 2. The lowest BCUT2D eigenvalue weighted by atomic mass is 10.00. The molecule has 0 spiro atoms. The molecule has 4 aromatic carbocycles. The molecular weight excluding hydrogens is 1050 g/mol. The number of para-hydroxylation sites is 2. The predicted octanol–water partition coefficient (Wildman–Crippen LogP) is 7.37. The van der Waals surface area contributed by atoms with E-state index < -0.39 is 57.8 Å². The number of hydrogen-bond donors (Lipinski definition) is 12. The molecule has 0 heterocycles. The van der Waals surface area contributed by atoms with E-state index in [1.165, 1.54) is 74.2 Å². The fourth-order valence-corrected chi connectivity index (χ4v) is 9.76. The zero-order valence-corrected chi connectivity index (χ0v) is 47.0. The molecule has 0 saturated heterocycles. The topological polar surface area (TPSA) is 314 Å². The van der Waals surface area contributed by atoms with Crippen LogP contribution in [0.25, 0.3) is 0 Å². The van der Waals surface area contributed by atoms with Gasteiger partial charge in [0.2, 0.25) is 11.8 Å². The van der Waals surface area contributed by atoms with E-state index in [2.05, 4.69) is 57.3 Å². The lowest BCUT2D eigenvalue weighted by Crippen LogP contribution is -2.45. The average Bonchev–Trinajstić information content (AvgIpc) is 3.43. The number of phenolic OH excluding ortho intramolecular Hbond substituents is 4. The molecule has 20 nitrogen and oxygen atoms in total. The van der Waals surface area contributed by atoms with Gasteiger partial charge in [0.05, 0.1) is 32.8 Å². The minimum absolute atomic E-state index is 0.0362. The van der Waals surface area contributed by atoms with Crippen LogP contribution in [0.4, 0.5) is 0 Å². The normalized spacial score (nSPS) is 11.6. The van der Waals surface area contributed by atoms with Crippen molar-refractivity contribution in [1.29, 1.82) is 0 Å². The fraction of sp³-hybridized carbons (Fsp3) is 0.439. The third-order valence-corrected chi connectivity index (χ3v) is 15.0. The molecular formula is C57H76N8O12S2. The van der Waals surface area contributed by atoms with Gasteiger partial charge in [-0.1, -0.05) is 114 Å². The molecule has 0 bridgehead atoms. The van der Waals surface area contributed by atoms with Crippen LogP contribution in [0.2, 0.25) is 0 Å². The molecule has 8 amide bonds. The number of unbranched alkanes of at least 4 members (excludes halogenated alkanes) is 10. The van der Waals surface area contributed by atoms with Crippen molar-refractivity contribution in [2.24, 2.45) is 0 Å². The first kappa shape index (κ1) is 64.1. The zero-order chi connectivity index (χ0) is 57.7. The van der Waals surface area contributed by atoms with Crippen molar-refractivity contribution in [2.75, 3.05) is 11.5 Å². The maximum atomic E-state index is 13.1. The van der Waals surface area contributed by atoms with Crippen LogP contribution in [0.5, 0.6) is 23.0 Å². The number of carbonyl (C=O) groups excluding carboxylic acids is 8. The van der Waals surface area contributed by atoms with Crippen molar-refractivity contribution in [3.63, 3.8) is 0 Å². The quantitative estimate of drug-likeness (QED) is 0.0179. The standard InChI is InChI=1S/C57H76N8O12S2/c1-5-7-9-11-13-15-19-40-21-17-23-42(50(40)70)54(74)64-60-52(72)36(3)78-31-29-48(68)58-62-56(76)44-34-38(25-27-46(44)66)33-39-26-28-47(67)45(35-39)57(77)63-59-49(69)30-32-79-37(4)53(73)61-65-55(75)43-24-18-22-41(51(43)71)20-16-14-12-10-8-6-2/h17-18,21-28,34-37,66-67,70-71H,5-16,19-20,29-33H2,1-4H3,(H,58,68)(H,59,69)(H,60,72)(H,61,73)(H,62,76)(H,63,77)(H,64,74)(H,65,75). The van der Waals surface area contributed by atoms with Gasteiger partial charge in [0.15, 0.2) is 0 Å². The molecule has 428 valence electrons. The van der Waals surface area contributed by atoms with Crippen LogP contribution < -0.4 is 43.4 Å². The highest BCUT2D eigenvalue weighted by Crippen LogP contribution is 2.27. The van der Waals surface area contributed by atoms with Gasteiger partial charge in [0, 0.05) is 24.3 Å². The van der Waals surface area contributed by atoms with Crippen LogP contribution in [0.15, 0.2) is 72.8 Å². The van der Waals surface area contributed by atoms with E-state index in [4.69, 9.17) is 0 Å². The Kier molecular flexibility index (Phi) is 27.9. The summed E-state index contributed by atoms with van der Waals surface area (Å²) in [5.41, 5.74) is 20.5. The molecule has 0 aliphatic carbocycles. The lowest BCUT2D eigenvalue weighted by molar-refractivity contribution is -0.122. The van der Waals surface area contributed by atoms with Gasteiger partial charge in [-0.25, -0.2) is 0 Å². The molecule has 22 heteroatoms. The summed E-state index contributed by atoms with van der Waals surface area (Å²) in [5.74, 6) is -5.95. The predicted molar refractivity (Wildman–Crippen MR) is 305 cm³/mol. The number of carbonyl (C=O) groups is 8. The van der Waals surface area contributed by atoms with E-state index in [-0.39, 0.29) is 76.0 Å². The highest BCUT2D eigenvalue weighted by atomic mass is 32.2. The first-order valence-corrected chi connectivity index (χ1v) is 28.9. The minimum Gasteiger partial charge on any atom is -0.507 e. The summed E-state index contributed by atoms with van der Waals surface area (Å²) in [6.07, 6.45) is 14.2. The highest BCUT2D eigenvalue weighted by molar-refractivity contribution is 8.00. The summed E-state index contributed by atoms with van der Waals surface area (Å²) >= 11 is 2.24. The van der Waals surface area contributed by atoms with E-state index >= 15 is 0 Å². The monoisotopic (exact) mass is 1130 g/mol. The summed E-state index contributed by atoms with van der Waals surface area (Å²) in [6, 6.07) is 18.3. The number of phenols is 4. The van der Waals surface area contributed by atoms with Gasteiger partial charge < -0.3 is 20.4 Å². The van der Waals surface area contributed by atoms with Crippen LogP contribution in [-0.4, -0.2) is 89.7 Å². The van der Waals surface area contributed by atoms with E-state index in [1.807, 2.05) is 0 Å². The second-order valence-corrected chi connectivity index (χ2v) is 21.9. The number of hydrazine groups is 4. The molecule has 12 N–H and O–H groups in total. The highest BCUT2D eigenvalue weighted by Gasteiger charge is 2.22. The molecule has 0 radical (unpaired) electrons. The van der Waals surface area contributed by atoms with Gasteiger partial charge in [0.25, 0.3) is 35.4 Å². The largest absolute Gasteiger partial charge is 0.507 e. The lowest BCUT2D eigenvalue weighted by Gasteiger charge is -2.14. The maximum Gasteiger partial charge on any atom is 0.273 e. The van der Waals surface area contributed by atoms with Crippen LogP contribution in [0.3, 0.4) is 0 Å². The molecule has 0 saturated carbocycles. The molecule has 2 unspecified atom stereocenters. The van der Waals surface area contributed by atoms with E-state index in [1.54, 1.807) is 38.1 Å². The van der Waals surface area contributed by atoms with E-state index in [9.17, 15) is 58.8 Å². The molecule has 4 rings (SSSR count). The van der Waals surface area contributed by atoms with Crippen molar-refractivity contribution < 1.29 is 58.8 Å². The summed E-state index contributed by atoms with van der Waals surface area (Å²) in [5, 5.41) is 41.1.